The number of nitrogens with one attached hydrogen (secondary N) is 1. The van der Waals surface area contributed by atoms with Crippen molar-refractivity contribution in [3.63, 3.8) is 0 Å². The standard InChI is InChI=1S/C10H12Cl2N2/c1-8-2-3-9(6-14-8)5-13-7-10(12)4-11/h2-4,6,13H,5,7H2,1H3. The minimum atomic E-state index is 0.582. The first-order chi connectivity index (χ1) is 6.72. The van der Waals surface area contributed by atoms with Gasteiger partial charge in [-0.3, -0.25) is 4.98 Å². The largest absolute Gasteiger partial charge is 0.308 e. The molecule has 0 spiro atoms. The van der Waals surface area contributed by atoms with Crippen LogP contribution in [-0.4, -0.2) is 11.5 Å². The lowest BCUT2D eigenvalue weighted by Gasteiger charge is -2.03. The van der Waals surface area contributed by atoms with Gasteiger partial charge in [0, 0.05) is 35.5 Å². The van der Waals surface area contributed by atoms with Gasteiger partial charge >= 0.3 is 0 Å². The van der Waals surface area contributed by atoms with Crippen molar-refractivity contribution in [3.05, 3.63) is 40.2 Å². The molecule has 0 aliphatic heterocycles. The summed E-state index contributed by atoms with van der Waals surface area (Å²) in [5.74, 6) is 0. The van der Waals surface area contributed by atoms with Gasteiger partial charge in [-0.05, 0) is 18.6 Å². The van der Waals surface area contributed by atoms with Crippen molar-refractivity contribution >= 4 is 23.2 Å². The van der Waals surface area contributed by atoms with Crippen LogP contribution in [0.25, 0.3) is 0 Å². The molecule has 1 aromatic rings. The van der Waals surface area contributed by atoms with Crippen LogP contribution in [0.2, 0.25) is 0 Å². The molecule has 1 aromatic heterocycles. The third kappa shape index (κ3) is 4.09. The molecule has 0 bridgehead atoms. The van der Waals surface area contributed by atoms with Crippen molar-refractivity contribution in [3.8, 4) is 0 Å². The molecule has 0 fully saturated rings. The van der Waals surface area contributed by atoms with E-state index in [1.165, 1.54) is 5.54 Å². The van der Waals surface area contributed by atoms with Crippen molar-refractivity contribution in [1.82, 2.24) is 10.3 Å². The summed E-state index contributed by atoms with van der Waals surface area (Å²) in [7, 11) is 0. The number of nitrogens with zero attached hydrogens (tertiary/aromatic N) is 1. The Kier molecular flexibility index (Phi) is 4.94. The zero-order valence-corrected chi connectivity index (χ0v) is 9.44. The highest BCUT2D eigenvalue weighted by Gasteiger charge is 1.94. The Morgan fingerprint density at radius 3 is 2.93 bits per heavy atom. The van der Waals surface area contributed by atoms with E-state index in [1.54, 1.807) is 0 Å². The van der Waals surface area contributed by atoms with Crippen LogP contribution in [0.1, 0.15) is 11.3 Å². The van der Waals surface area contributed by atoms with E-state index in [9.17, 15) is 0 Å². The number of hydrogen-bond acceptors (Lipinski definition) is 2. The summed E-state index contributed by atoms with van der Waals surface area (Å²) in [6, 6.07) is 4.02. The molecule has 0 aliphatic rings. The minimum Gasteiger partial charge on any atom is -0.308 e. The normalized spacial score (nSPS) is 11.8. The monoisotopic (exact) mass is 230 g/mol. The van der Waals surface area contributed by atoms with Crippen LogP contribution in [0.3, 0.4) is 0 Å². The number of aromatic nitrogens is 1. The fourth-order valence-electron chi connectivity index (χ4n) is 0.968. The predicted molar refractivity (Wildman–Crippen MR) is 60.5 cm³/mol. The van der Waals surface area contributed by atoms with Crippen molar-refractivity contribution in [2.45, 2.75) is 13.5 Å². The SMILES string of the molecule is Cc1ccc(CNCC(Cl)=CCl)cn1. The van der Waals surface area contributed by atoms with Gasteiger partial charge in [-0.1, -0.05) is 29.3 Å². The van der Waals surface area contributed by atoms with E-state index in [0.717, 1.165) is 17.8 Å². The summed E-state index contributed by atoms with van der Waals surface area (Å²) in [6.07, 6.45) is 1.85. The first kappa shape index (κ1) is 11.5. The van der Waals surface area contributed by atoms with E-state index in [-0.39, 0.29) is 0 Å². The predicted octanol–water partition coefficient (Wildman–Crippen LogP) is 2.80. The Labute approximate surface area is 93.9 Å². The third-order valence-electron chi connectivity index (χ3n) is 1.71. The molecule has 76 valence electrons. The van der Waals surface area contributed by atoms with E-state index in [4.69, 9.17) is 23.2 Å². The van der Waals surface area contributed by atoms with Crippen LogP contribution >= 0.6 is 23.2 Å². The molecule has 1 heterocycles. The zero-order chi connectivity index (χ0) is 10.4. The lowest BCUT2D eigenvalue weighted by Crippen LogP contribution is -2.14. The summed E-state index contributed by atoms with van der Waals surface area (Å²) in [5.41, 5.74) is 3.52. The molecule has 0 aromatic carbocycles. The summed E-state index contributed by atoms with van der Waals surface area (Å²) < 4.78 is 0. The van der Waals surface area contributed by atoms with Gasteiger partial charge in [-0.2, -0.15) is 0 Å². The average Bonchev–Trinajstić information content (AvgIpc) is 2.21. The molecule has 4 heteroatoms. The van der Waals surface area contributed by atoms with Crippen LogP contribution in [0.5, 0.6) is 0 Å². The molecular formula is C10H12Cl2N2. The van der Waals surface area contributed by atoms with Crippen molar-refractivity contribution in [2.75, 3.05) is 6.54 Å². The van der Waals surface area contributed by atoms with Gasteiger partial charge in [0.1, 0.15) is 0 Å². The highest BCUT2D eigenvalue weighted by atomic mass is 35.5. The number of rotatable bonds is 4. The van der Waals surface area contributed by atoms with E-state index in [0.29, 0.717) is 11.6 Å². The topological polar surface area (TPSA) is 24.9 Å². The first-order valence-electron chi connectivity index (χ1n) is 4.29. The summed E-state index contributed by atoms with van der Waals surface area (Å²) in [6.45, 7) is 3.29. The van der Waals surface area contributed by atoms with Crippen LogP contribution < -0.4 is 5.32 Å². The first-order valence-corrected chi connectivity index (χ1v) is 5.11. The molecule has 1 rings (SSSR count). The highest BCUT2D eigenvalue weighted by Crippen LogP contribution is 2.02. The second kappa shape index (κ2) is 6.02. The lowest BCUT2D eigenvalue weighted by atomic mass is 10.2. The van der Waals surface area contributed by atoms with Gasteiger partial charge in [0.25, 0.3) is 0 Å². The molecular weight excluding hydrogens is 219 g/mol. The third-order valence-corrected chi connectivity index (χ3v) is 2.33. The Hall–Kier alpha value is -0.570. The van der Waals surface area contributed by atoms with E-state index >= 15 is 0 Å². The number of aryl methyl sites for hydroxylation is 1. The molecule has 0 saturated carbocycles. The number of pyridine rings is 1. The quantitative estimate of drug-likeness (QED) is 0.861. The van der Waals surface area contributed by atoms with Gasteiger partial charge in [0.05, 0.1) is 0 Å². The molecule has 0 unspecified atom stereocenters. The molecule has 1 N–H and O–H groups in total. The molecule has 0 radical (unpaired) electrons. The van der Waals surface area contributed by atoms with Gasteiger partial charge in [-0.25, -0.2) is 0 Å². The minimum absolute atomic E-state index is 0.582. The maximum Gasteiger partial charge on any atom is 0.0432 e. The van der Waals surface area contributed by atoms with Crippen molar-refractivity contribution in [1.29, 1.82) is 0 Å². The Morgan fingerprint density at radius 1 is 1.57 bits per heavy atom. The summed E-state index contributed by atoms with van der Waals surface area (Å²) in [5, 5.41) is 3.75. The maximum absolute atomic E-state index is 5.71. The van der Waals surface area contributed by atoms with Crippen LogP contribution in [0.15, 0.2) is 28.9 Å². The molecule has 14 heavy (non-hydrogen) atoms. The van der Waals surface area contributed by atoms with Gasteiger partial charge in [0.2, 0.25) is 0 Å². The number of halogens is 2. The fraction of sp³-hybridized carbons (Fsp3) is 0.300. The van der Waals surface area contributed by atoms with E-state index in [2.05, 4.69) is 10.3 Å². The Morgan fingerprint density at radius 2 is 2.36 bits per heavy atom. The second-order valence-corrected chi connectivity index (χ2v) is 3.67. The Bertz CT molecular complexity index is 306. The summed E-state index contributed by atoms with van der Waals surface area (Å²) >= 11 is 11.1. The smallest absolute Gasteiger partial charge is 0.0432 e. The average molecular weight is 231 g/mol. The number of hydrogen-bond donors (Lipinski definition) is 1. The van der Waals surface area contributed by atoms with Gasteiger partial charge < -0.3 is 5.32 Å². The molecule has 0 atom stereocenters. The van der Waals surface area contributed by atoms with Crippen molar-refractivity contribution in [2.24, 2.45) is 0 Å². The highest BCUT2D eigenvalue weighted by molar-refractivity contribution is 6.36. The van der Waals surface area contributed by atoms with Crippen LogP contribution in [0, 0.1) is 6.92 Å². The second-order valence-electron chi connectivity index (χ2n) is 2.97. The lowest BCUT2D eigenvalue weighted by molar-refractivity contribution is 0.751. The van der Waals surface area contributed by atoms with E-state index < -0.39 is 0 Å². The van der Waals surface area contributed by atoms with E-state index in [1.807, 2.05) is 25.3 Å². The van der Waals surface area contributed by atoms with Crippen molar-refractivity contribution < 1.29 is 0 Å². The van der Waals surface area contributed by atoms with Crippen LogP contribution in [-0.2, 0) is 6.54 Å². The van der Waals surface area contributed by atoms with Crippen LogP contribution in [0.4, 0.5) is 0 Å². The molecule has 0 aliphatic carbocycles. The molecule has 0 saturated heterocycles. The van der Waals surface area contributed by atoms with Gasteiger partial charge in [0.15, 0.2) is 0 Å². The summed E-state index contributed by atoms with van der Waals surface area (Å²) in [4.78, 5) is 4.18. The molecule has 0 amide bonds. The molecule has 2 nitrogen and oxygen atoms in total. The zero-order valence-electron chi connectivity index (χ0n) is 7.93. The maximum atomic E-state index is 5.71. The fourth-order valence-corrected chi connectivity index (χ4v) is 1.14. The van der Waals surface area contributed by atoms with Gasteiger partial charge in [-0.15, -0.1) is 0 Å². The Balaban J connectivity index is 2.35.